The highest BCUT2D eigenvalue weighted by molar-refractivity contribution is 5.70. The average molecular weight is 184 g/mol. The Balaban J connectivity index is 2.72. The molecule has 0 bridgehead atoms. The Labute approximate surface area is 75.9 Å². The molecule has 1 rings (SSSR count). The highest BCUT2D eigenvalue weighted by atomic mass is 16.5. The van der Waals surface area contributed by atoms with Crippen molar-refractivity contribution >= 4 is 5.97 Å². The van der Waals surface area contributed by atoms with E-state index in [9.17, 15) is 4.79 Å². The normalized spacial score (nSPS) is 15.0. The van der Waals surface area contributed by atoms with Gasteiger partial charge in [0.1, 0.15) is 5.76 Å². The molecule has 0 aromatic carbocycles. The number of hydrogen-bond acceptors (Lipinski definition) is 5. The third-order valence-electron chi connectivity index (χ3n) is 1.73. The number of esters is 1. The summed E-state index contributed by atoms with van der Waals surface area (Å²) in [5, 5.41) is 0. The van der Waals surface area contributed by atoms with Crippen molar-refractivity contribution < 1.29 is 13.9 Å². The zero-order valence-corrected chi connectivity index (χ0v) is 7.61. The first-order valence-corrected chi connectivity index (χ1v) is 3.81. The molecule has 1 aromatic rings. The predicted molar refractivity (Wildman–Crippen MR) is 44.7 cm³/mol. The first-order chi connectivity index (χ1) is 6.06. The predicted octanol–water partition coefficient (Wildman–Crippen LogP) is 0.412. The number of ether oxygens (including phenoxy) is 1. The molecule has 2 N–H and O–H groups in total. The smallest absolute Gasteiger partial charge is 0.307 e. The van der Waals surface area contributed by atoms with Crippen LogP contribution in [0.15, 0.2) is 17.0 Å². The van der Waals surface area contributed by atoms with Gasteiger partial charge in [0.05, 0.1) is 25.3 Å². The Morgan fingerprint density at radius 2 is 2.54 bits per heavy atom. The van der Waals surface area contributed by atoms with Crippen molar-refractivity contribution in [3.05, 3.63) is 18.4 Å². The maximum atomic E-state index is 11.0. The molecule has 72 valence electrons. The summed E-state index contributed by atoms with van der Waals surface area (Å²) in [7, 11) is 1.32. The second-order valence-corrected chi connectivity index (χ2v) is 3.04. The first kappa shape index (κ1) is 9.73. The Bertz CT molecular complexity index is 280. The van der Waals surface area contributed by atoms with E-state index in [4.69, 9.17) is 10.2 Å². The van der Waals surface area contributed by atoms with E-state index in [0.29, 0.717) is 5.76 Å². The molecular formula is C8H12N2O3. The molecule has 0 saturated carbocycles. The quantitative estimate of drug-likeness (QED) is 0.688. The van der Waals surface area contributed by atoms with Gasteiger partial charge in [-0.15, -0.1) is 0 Å². The largest absolute Gasteiger partial charge is 0.469 e. The van der Waals surface area contributed by atoms with Gasteiger partial charge in [0.25, 0.3) is 0 Å². The molecule has 0 aliphatic heterocycles. The zero-order chi connectivity index (χ0) is 9.90. The summed E-state index contributed by atoms with van der Waals surface area (Å²) in [6, 6.07) is 0. The molecule has 0 fully saturated rings. The van der Waals surface area contributed by atoms with E-state index in [-0.39, 0.29) is 12.4 Å². The fourth-order valence-electron chi connectivity index (χ4n) is 0.957. The van der Waals surface area contributed by atoms with Crippen LogP contribution >= 0.6 is 0 Å². The van der Waals surface area contributed by atoms with E-state index in [1.54, 1.807) is 6.92 Å². The van der Waals surface area contributed by atoms with Crippen molar-refractivity contribution in [1.82, 2.24) is 4.98 Å². The van der Waals surface area contributed by atoms with Crippen LogP contribution in [0.3, 0.4) is 0 Å². The van der Waals surface area contributed by atoms with Gasteiger partial charge in [-0.3, -0.25) is 4.79 Å². The van der Waals surface area contributed by atoms with Crippen LogP contribution in [0, 0.1) is 0 Å². The number of carbonyl (C=O) groups excluding carboxylic acids is 1. The van der Waals surface area contributed by atoms with Gasteiger partial charge in [-0.05, 0) is 6.92 Å². The highest BCUT2D eigenvalue weighted by Gasteiger charge is 2.28. The van der Waals surface area contributed by atoms with Crippen molar-refractivity contribution in [1.29, 1.82) is 0 Å². The van der Waals surface area contributed by atoms with Crippen LogP contribution in [0.1, 0.15) is 19.1 Å². The van der Waals surface area contributed by atoms with Gasteiger partial charge in [-0.1, -0.05) is 0 Å². The average Bonchev–Trinajstić information content (AvgIpc) is 2.55. The number of methoxy groups -OCH3 is 1. The second-order valence-electron chi connectivity index (χ2n) is 3.04. The lowest BCUT2D eigenvalue weighted by Gasteiger charge is -2.19. The summed E-state index contributed by atoms with van der Waals surface area (Å²) in [6.07, 6.45) is 2.83. The topological polar surface area (TPSA) is 78.4 Å². The van der Waals surface area contributed by atoms with Crippen molar-refractivity contribution in [2.24, 2.45) is 5.73 Å². The molecule has 13 heavy (non-hydrogen) atoms. The van der Waals surface area contributed by atoms with E-state index in [2.05, 4.69) is 9.72 Å². The lowest BCUT2D eigenvalue weighted by atomic mass is 9.97. The number of oxazole rings is 1. The van der Waals surface area contributed by atoms with Crippen molar-refractivity contribution in [2.75, 3.05) is 7.11 Å². The molecule has 1 aromatic heterocycles. The molecule has 0 amide bonds. The van der Waals surface area contributed by atoms with Gasteiger partial charge in [-0.2, -0.15) is 0 Å². The number of nitrogens with zero attached hydrogens (tertiary/aromatic N) is 1. The minimum atomic E-state index is -0.858. The SMILES string of the molecule is COC(=O)C[C@](C)(N)c1cnco1. The van der Waals surface area contributed by atoms with Crippen LogP contribution in [0.2, 0.25) is 0 Å². The molecule has 5 nitrogen and oxygen atoms in total. The number of rotatable bonds is 3. The van der Waals surface area contributed by atoms with Crippen LogP contribution in [-0.2, 0) is 15.1 Å². The van der Waals surface area contributed by atoms with Crippen LogP contribution in [0.5, 0.6) is 0 Å². The molecule has 1 atom stereocenters. The monoisotopic (exact) mass is 184 g/mol. The number of hydrogen-bond donors (Lipinski definition) is 1. The lowest BCUT2D eigenvalue weighted by molar-refractivity contribution is -0.142. The van der Waals surface area contributed by atoms with Crippen LogP contribution in [-0.4, -0.2) is 18.1 Å². The van der Waals surface area contributed by atoms with Gasteiger partial charge in [-0.25, -0.2) is 4.98 Å². The summed E-state index contributed by atoms with van der Waals surface area (Å²) in [6.45, 7) is 1.68. The summed E-state index contributed by atoms with van der Waals surface area (Å²) in [4.78, 5) is 14.7. The van der Waals surface area contributed by atoms with Gasteiger partial charge < -0.3 is 14.9 Å². The molecule has 0 spiro atoms. The molecule has 0 aliphatic rings. The van der Waals surface area contributed by atoms with E-state index < -0.39 is 5.54 Å². The van der Waals surface area contributed by atoms with Crippen molar-refractivity contribution in [2.45, 2.75) is 18.9 Å². The molecular weight excluding hydrogens is 172 g/mol. The maximum absolute atomic E-state index is 11.0. The third-order valence-corrected chi connectivity index (χ3v) is 1.73. The van der Waals surface area contributed by atoms with Crippen molar-refractivity contribution in [3.63, 3.8) is 0 Å². The molecule has 0 aliphatic carbocycles. The van der Waals surface area contributed by atoms with E-state index in [0.717, 1.165) is 0 Å². The Hall–Kier alpha value is -1.36. The first-order valence-electron chi connectivity index (χ1n) is 3.81. The van der Waals surface area contributed by atoms with E-state index in [1.165, 1.54) is 19.7 Å². The van der Waals surface area contributed by atoms with E-state index in [1.807, 2.05) is 0 Å². The Morgan fingerprint density at radius 1 is 1.85 bits per heavy atom. The van der Waals surface area contributed by atoms with Gasteiger partial charge in [0.2, 0.25) is 0 Å². The summed E-state index contributed by atoms with van der Waals surface area (Å²) in [5.74, 6) is 0.0966. The fraction of sp³-hybridized carbons (Fsp3) is 0.500. The van der Waals surface area contributed by atoms with Crippen LogP contribution in [0.4, 0.5) is 0 Å². The van der Waals surface area contributed by atoms with Gasteiger partial charge in [0, 0.05) is 0 Å². The summed E-state index contributed by atoms with van der Waals surface area (Å²) < 4.78 is 9.50. The number of carbonyl (C=O) groups is 1. The minimum absolute atomic E-state index is 0.0681. The van der Waals surface area contributed by atoms with Crippen molar-refractivity contribution in [3.8, 4) is 0 Å². The highest BCUT2D eigenvalue weighted by Crippen LogP contribution is 2.20. The fourth-order valence-corrected chi connectivity index (χ4v) is 0.957. The van der Waals surface area contributed by atoms with Gasteiger partial charge >= 0.3 is 5.97 Å². The molecule has 0 saturated heterocycles. The summed E-state index contributed by atoms with van der Waals surface area (Å²) >= 11 is 0. The number of nitrogens with two attached hydrogens (primary N) is 1. The Morgan fingerprint density at radius 3 is 3.00 bits per heavy atom. The minimum Gasteiger partial charge on any atom is -0.469 e. The van der Waals surface area contributed by atoms with Crippen LogP contribution < -0.4 is 5.73 Å². The standard InChI is InChI=1S/C8H12N2O3/c1-8(9,3-7(11)12-2)6-4-10-5-13-6/h4-5H,3,9H2,1-2H3/t8-/m0/s1. The maximum Gasteiger partial charge on any atom is 0.307 e. The van der Waals surface area contributed by atoms with E-state index >= 15 is 0 Å². The summed E-state index contributed by atoms with van der Waals surface area (Å²) in [5.41, 5.74) is 4.97. The van der Waals surface area contributed by atoms with Crippen LogP contribution in [0.25, 0.3) is 0 Å². The zero-order valence-electron chi connectivity index (χ0n) is 7.61. The molecule has 0 radical (unpaired) electrons. The Kier molecular flexibility index (Phi) is 2.67. The molecule has 1 heterocycles. The second kappa shape index (κ2) is 3.57. The third kappa shape index (κ3) is 2.29. The molecule has 0 unspecified atom stereocenters. The molecule has 5 heteroatoms. The number of aromatic nitrogens is 1. The van der Waals surface area contributed by atoms with Gasteiger partial charge in [0.15, 0.2) is 6.39 Å². The lowest BCUT2D eigenvalue weighted by Crippen LogP contribution is -2.35.